The van der Waals surface area contributed by atoms with Crippen LogP contribution in [0, 0.1) is 0 Å². The van der Waals surface area contributed by atoms with Crippen LogP contribution in [-0.2, 0) is 19.1 Å². The summed E-state index contributed by atoms with van der Waals surface area (Å²) >= 11 is 0. The van der Waals surface area contributed by atoms with Crippen molar-refractivity contribution < 1.29 is 29.0 Å². The third-order valence-electron chi connectivity index (χ3n) is 6.70. The summed E-state index contributed by atoms with van der Waals surface area (Å²) in [5.74, 6) is -1.68. The van der Waals surface area contributed by atoms with Crippen LogP contribution >= 0.6 is 0 Å². The first-order valence-electron chi connectivity index (χ1n) is 11.0. The third kappa shape index (κ3) is 4.30. The zero-order valence-electron chi connectivity index (χ0n) is 18.7. The Morgan fingerprint density at radius 2 is 1.64 bits per heavy atom. The van der Waals surface area contributed by atoms with Crippen LogP contribution in [0.1, 0.15) is 36.8 Å². The number of amides is 2. The Kier molecular flexibility index (Phi) is 6.37. The second kappa shape index (κ2) is 9.23. The topological polar surface area (TPSA) is 105 Å². The first-order chi connectivity index (χ1) is 15.8. The fraction of sp³-hybridized carbons (Fsp3) is 0.400. The number of carboxylic acid groups (broad SMARTS) is 1. The number of nitrogens with one attached hydrogen (secondary N) is 1. The molecule has 1 atom stereocenters. The van der Waals surface area contributed by atoms with Gasteiger partial charge in [-0.15, -0.1) is 0 Å². The maximum absolute atomic E-state index is 13.2. The van der Waals surface area contributed by atoms with E-state index in [-0.39, 0.29) is 38.6 Å². The maximum Gasteiger partial charge on any atom is 0.408 e. The Morgan fingerprint density at radius 3 is 2.18 bits per heavy atom. The van der Waals surface area contributed by atoms with Crippen LogP contribution in [0.25, 0.3) is 11.1 Å². The smallest absolute Gasteiger partial charge is 0.408 e. The molecule has 0 spiro atoms. The van der Waals surface area contributed by atoms with Gasteiger partial charge in [-0.1, -0.05) is 48.5 Å². The average Bonchev–Trinajstić information content (AvgIpc) is 3.15. The van der Waals surface area contributed by atoms with Crippen LogP contribution < -0.4 is 5.32 Å². The molecule has 2 N–H and O–H groups in total. The number of likely N-dealkylation sites (N-methyl/N-ethyl adjacent to an activating group) is 1. The Hall–Kier alpha value is -3.39. The van der Waals surface area contributed by atoms with Gasteiger partial charge >= 0.3 is 12.1 Å². The number of carboxylic acids is 1. The molecule has 2 aliphatic rings. The minimum Gasteiger partial charge on any atom is -0.480 e. The molecule has 33 heavy (non-hydrogen) atoms. The summed E-state index contributed by atoms with van der Waals surface area (Å²) in [6, 6.07) is 15.1. The van der Waals surface area contributed by atoms with E-state index in [4.69, 9.17) is 9.47 Å². The second-order valence-electron chi connectivity index (χ2n) is 8.58. The highest BCUT2D eigenvalue weighted by Gasteiger charge is 2.45. The monoisotopic (exact) mass is 452 g/mol. The van der Waals surface area contributed by atoms with Gasteiger partial charge in [0.1, 0.15) is 18.2 Å². The highest BCUT2D eigenvalue weighted by molar-refractivity contribution is 5.92. The number of hydrogen-bond acceptors (Lipinski definition) is 5. The molecule has 1 heterocycles. The first-order valence-corrected chi connectivity index (χ1v) is 11.0. The molecule has 0 radical (unpaired) electrons. The van der Waals surface area contributed by atoms with Crippen molar-refractivity contribution in [2.75, 3.05) is 26.9 Å². The number of carbonyl (C=O) groups is 3. The first kappa shape index (κ1) is 22.8. The summed E-state index contributed by atoms with van der Waals surface area (Å²) in [6.07, 6.45) is -0.220. The molecular weight excluding hydrogens is 424 g/mol. The molecule has 0 aromatic heterocycles. The zero-order chi connectivity index (χ0) is 23.6. The molecule has 1 aliphatic carbocycles. The predicted molar refractivity (Wildman–Crippen MR) is 121 cm³/mol. The van der Waals surface area contributed by atoms with Crippen molar-refractivity contribution in [2.24, 2.45) is 0 Å². The van der Waals surface area contributed by atoms with Crippen LogP contribution in [0.2, 0.25) is 0 Å². The number of ether oxygens (including phenoxy) is 2. The van der Waals surface area contributed by atoms with Gasteiger partial charge in [0.05, 0.1) is 0 Å². The van der Waals surface area contributed by atoms with Crippen molar-refractivity contribution in [3.63, 3.8) is 0 Å². The van der Waals surface area contributed by atoms with Crippen LogP contribution in [0.4, 0.5) is 4.79 Å². The van der Waals surface area contributed by atoms with Gasteiger partial charge in [0.15, 0.2) is 0 Å². The quantitative estimate of drug-likeness (QED) is 0.698. The minimum absolute atomic E-state index is 0.0980. The molecule has 8 heteroatoms. The Bertz CT molecular complexity index is 1020. The van der Waals surface area contributed by atoms with E-state index in [1.807, 2.05) is 36.4 Å². The van der Waals surface area contributed by atoms with Crippen molar-refractivity contribution in [1.82, 2.24) is 10.2 Å². The van der Waals surface area contributed by atoms with Crippen molar-refractivity contribution in [3.8, 4) is 11.1 Å². The van der Waals surface area contributed by atoms with Gasteiger partial charge in [-0.3, -0.25) is 4.79 Å². The molecule has 0 unspecified atom stereocenters. The van der Waals surface area contributed by atoms with E-state index in [2.05, 4.69) is 17.4 Å². The second-order valence-corrected chi connectivity index (χ2v) is 8.58. The largest absolute Gasteiger partial charge is 0.480 e. The van der Waals surface area contributed by atoms with Crippen LogP contribution in [0.5, 0.6) is 0 Å². The summed E-state index contributed by atoms with van der Waals surface area (Å²) in [4.78, 5) is 38.6. The van der Waals surface area contributed by atoms with Gasteiger partial charge in [-0.2, -0.15) is 0 Å². The summed E-state index contributed by atoms with van der Waals surface area (Å²) < 4.78 is 11.0. The molecule has 1 saturated heterocycles. The van der Waals surface area contributed by atoms with Gasteiger partial charge < -0.3 is 24.8 Å². The van der Waals surface area contributed by atoms with Gasteiger partial charge in [0.2, 0.25) is 5.91 Å². The Morgan fingerprint density at radius 1 is 1.09 bits per heavy atom. The van der Waals surface area contributed by atoms with Crippen molar-refractivity contribution in [1.29, 1.82) is 0 Å². The number of hydrogen-bond donors (Lipinski definition) is 2. The summed E-state index contributed by atoms with van der Waals surface area (Å²) in [5.41, 5.74) is 3.18. The Labute approximate surface area is 192 Å². The van der Waals surface area contributed by atoms with Crippen molar-refractivity contribution >= 4 is 18.0 Å². The lowest BCUT2D eigenvalue weighted by Gasteiger charge is -2.39. The minimum atomic E-state index is -1.26. The third-order valence-corrected chi connectivity index (χ3v) is 6.70. The van der Waals surface area contributed by atoms with E-state index >= 15 is 0 Å². The fourth-order valence-corrected chi connectivity index (χ4v) is 4.62. The molecule has 8 nitrogen and oxygen atoms in total. The zero-order valence-corrected chi connectivity index (χ0v) is 18.7. The SMILES string of the molecule is C[C@@H](C(=O)O)N(C)C(=O)C1(NC(=O)OCC2c3ccccc3-c3ccccc32)CCOCC1. The van der Waals surface area contributed by atoms with Gasteiger partial charge in [0, 0.05) is 39.0 Å². The van der Waals surface area contributed by atoms with E-state index in [9.17, 15) is 19.5 Å². The lowest BCUT2D eigenvalue weighted by Crippen LogP contribution is -2.63. The number of rotatable bonds is 6. The highest BCUT2D eigenvalue weighted by Crippen LogP contribution is 2.44. The van der Waals surface area contributed by atoms with E-state index < -0.39 is 29.6 Å². The van der Waals surface area contributed by atoms with Crippen LogP contribution in [-0.4, -0.2) is 66.4 Å². The molecular formula is C25H28N2O6. The van der Waals surface area contributed by atoms with E-state index in [0.29, 0.717) is 0 Å². The number of alkyl carbamates (subject to hydrolysis) is 1. The average molecular weight is 453 g/mol. The number of fused-ring (bicyclic) bond motifs is 3. The lowest BCUT2D eigenvalue weighted by atomic mass is 9.88. The number of carbonyl (C=O) groups excluding carboxylic acids is 2. The van der Waals surface area contributed by atoms with E-state index in [0.717, 1.165) is 27.2 Å². The molecule has 2 aromatic rings. The maximum atomic E-state index is 13.2. The molecule has 4 rings (SSSR count). The Balaban J connectivity index is 1.49. The van der Waals surface area contributed by atoms with E-state index in [1.165, 1.54) is 14.0 Å². The number of aliphatic carboxylic acids is 1. The van der Waals surface area contributed by atoms with Crippen LogP contribution in [0.15, 0.2) is 48.5 Å². The van der Waals surface area contributed by atoms with Crippen molar-refractivity contribution in [3.05, 3.63) is 59.7 Å². The molecule has 0 bridgehead atoms. The van der Waals surface area contributed by atoms with Crippen LogP contribution in [0.3, 0.4) is 0 Å². The molecule has 174 valence electrons. The number of benzene rings is 2. The lowest BCUT2D eigenvalue weighted by molar-refractivity contribution is -0.153. The van der Waals surface area contributed by atoms with E-state index in [1.54, 1.807) is 0 Å². The summed E-state index contributed by atoms with van der Waals surface area (Å²) in [7, 11) is 1.43. The van der Waals surface area contributed by atoms with Crippen molar-refractivity contribution in [2.45, 2.75) is 37.3 Å². The number of nitrogens with zero attached hydrogens (tertiary/aromatic N) is 1. The molecule has 1 aliphatic heterocycles. The predicted octanol–water partition coefficient (Wildman–Crippen LogP) is 3.01. The molecule has 1 fully saturated rings. The summed E-state index contributed by atoms with van der Waals surface area (Å²) in [6.45, 7) is 2.12. The molecule has 2 amide bonds. The highest BCUT2D eigenvalue weighted by atomic mass is 16.5. The standard InChI is InChI=1S/C25H28N2O6/c1-16(22(28)29)27(2)23(30)25(11-13-32-14-12-25)26-24(31)33-15-21-19-9-5-3-7-17(19)18-8-4-6-10-20(18)21/h3-10,16,21H,11-15H2,1-2H3,(H,26,31)(H,28,29)/t16-/m0/s1. The molecule has 0 saturated carbocycles. The van der Waals surface area contributed by atoms with Gasteiger partial charge in [-0.05, 0) is 29.2 Å². The normalized spacial score (nSPS) is 17.4. The summed E-state index contributed by atoms with van der Waals surface area (Å²) in [5, 5.41) is 12.1. The van der Waals surface area contributed by atoms with Gasteiger partial charge in [-0.25, -0.2) is 9.59 Å². The fourth-order valence-electron chi connectivity index (χ4n) is 4.62. The molecule has 2 aromatic carbocycles. The van der Waals surface area contributed by atoms with Gasteiger partial charge in [0.25, 0.3) is 0 Å².